The van der Waals surface area contributed by atoms with E-state index in [2.05, 4.69) is 0 Å². The van der Waals surface area contributed by atoms with Crippen molar-refractivity contribution in [3.05, 3.63) is 12.2 Å². The normalized spacial score (nSPS) is 13.8. The SMILES string of the molecule is O=C(O)COCCOCCOCCOCCOCCN1C(=O)C=CC1=O. The maximum absolute atomic E-state index is 11.3. The standard InChI is InChI=1S/C16H25NO9/c18-14-1-2-15(19)17(14)3-4-22-5-6-23-7-8-24-9-10-25-11-12-26-13-16(20)21/h1-2H,3-13H2,(H,20,21). The van der Waals surface area contributed by atoms with Crippen LogP contribution in [0, 0.1) is 0 Å². The molecule has 0 unspecified atom stereocenters. The van der Waals surface area contributed by atoms with E-state index in [4.69, 9.17) is 28.8 Å². The van der Waals surface area contributed by atoms with Crippen molar-refractivity contribution in [2.24, 2.45) is 0 Å². The van der Waals surface area contributed by atoms with E-state index in [1.807, 2.05) is 0 Å². The van der Waals surface area contributed by atoms with Gasteiger partial charge in [0.2, 0.25) is 0 Å². The fraction of sp³-hybridized carbons (Fsp3) is 0.688. The zero-order chi connectivity index (χ0) is 19.0. The Hall–Kier alpha value is -1.85. The molecule has 2 amide bonds. The van der Waals surface area contributed by atoms with Crippen LogP contribution in [-0.2, 0) is 38.1 Å². The number of hydrogen-bond donors (Lipinski definition) is 1. The molecule has 1 heterocycles. The summed E-state index contributed by atoms with van der Waals surface area (Å²) in [4.78, 5) is 33.8. The number of carbonyl (C=O) groups excluding carboxylic acids is 2. The van der Waals surface area contributed by atoms with Gasteiger partial charge in [-0.2, -0.15) is 0 Å². The van der Waals surface area contributed by atoms with Crippen LogP contribution in [-0.4, -0.2) is 100 Å². The molecular weight excluding hydrogens is 350 g/mol. The summed E-state index contributed by atoms with van der Waals surface area (Å²) in [5, 5.41) is 8.35. The molecule has 26 heavy (non-hydrogen) atoms. The van der Waals surface area contributed by atoms with Crippen molar-refractivity contribution in [2.45, 2.75) is 0 Å². The lowest BCUT2D eigenvalue weighted by atomic mass is 10.5. The number of aliphatic carboxylic acids is 1. The Bertz CT molecular complexity index is 449. The molecule has 148 valence electrons. The maximum atomic E-state index is 11.3. The van der Waals surface area contributed by atoms with Gasteiger partial charge in [0.25, 0.3) is 11.8 Å². The number of carboxylic acids is 1. The molecule has 0 aromatic heterocycles. The minimum atomic E-state index is -1.01. The van der Waals surface area contributed by atoms with E-state index in [9.17, 15) is 14.4 Å². The van der Waals surface area contributed by atoms with Gasteiger partial charge in [-0.05, 0) is 0 Å². The molecule has 0 spiro atoms. The number of rotatable bonds is 17. The molecule has 0 aromatic rings. The molecule has 0 atom stereocenters. The van der Waals surface area contributed by atoms with E-state index in [-0.39, 0.29) is 38.2 Å². The first-order chi connectivity index (χ1) is 12.6. The number of carboxylic acid groups (broad SMARTS) is 1. The Balaban J connectivity index is 1.74. The van der Waals surface area contributed by atoms with Crippen molar-refractivity contribution < 1.29 is 43.2 Å². The van der Waals surface area contributed by atoms with Crippen LogP contribution in [0.4, 0.5) is 0 Å². The monoisotopic (exact) mass is 375 g/mol. The third-order valence-electron chi connectivity index (χ3n) is 3.07. The molecular formula is C16H25NO9. The Labute approximate surface area is 151 Å². The van der Waals surface area contributed by atoms with Gasteiger partial charge in [0.1, 0.15) is 6.61 Å². The zero-order valence-corrected chi connectivity index (χ0v) is 14.6. The molecule has 10 heteroatoms. The lowest BCUT2D eigenvalue weighted by Gasteiger charge is -2.13. The molecule has 0 bridgehead atoms. The highest BCUT2D eigenvalue weighted by molar-refractivity contribution is 6.12. The van der Waals surface area contributed by atoms with Crippen molar-refractivity contribution in [2.75, 3.05) is 72.6 Å². The molecule has 1 aliphatic heterocycles. The smallest absolute Gasteiger partial charge is 0.329 e. The highest BCUT2D eigenvalue weighted by Gasteiger charge is 2.22. The van der Waals surface area contributed by atoms with Crippen molar-refractivity contribution in [3.8, 4) is 0 Å². The van der Waals surface area contributed by atoms with Gasteiger partial charge in [0, 0.05) is 12.2 Å². The van der Waals surface area contributed by atoms with Crippen LogP contribution in [0.5, 0.6) is 0 Å². The average Bonchev–Trinajstić information content (AvgIpc) is 2.92. The van der Waals surface area contributed by atoms with Crippen molar-refractivity contribution in [1.82, 2.24) is 4.90 Å². The topological polar surface area (TPSA) is 121 Å². The second-order valence-electron chi connectivity index (χ2n) is 5.06. The summed E-state index contributed by atoms with van der Waals surface area (Å²) in [7, 11) is 0. The summed E-state index contributed by atoms with van der Waals surface area (Å²) >= 11 is 0. The van der Waals surface area contributed by atoms with Gasteiger partial charge in [0.05, 0.1) is 66.0 Å². The summed E-state index contributed by atoms with van der Waals surface area (Å²) in [5.41, 5.74) is 0. The zero-order valence-electron chi connectivity index (χ0n) is 14.6. The van der Waals surface area contributed by atoms with E-state index in [0.29, 0.717) is 46.2 Å². The summed E-state index contributed by atoms with van der Waals surface area (Å²) in [6.45, 7) is 3.10. The van der Waals surface area contributed by atoms with Gasteiger partial charge in [-0.1, -0.05) is 0 Å². The molecule has 1 rings (SSSR count). The molecule has 0 saturated heterocycles. The third kappa shape index (κ3) is 10.9. The number of imide groups is 1. The Kier molecular flexibility index (Phi) is 12.2. The van der Waals surface area contributed by atoms with E-state index in [1.165, 1.54) is 12.2 Å². The number of nitrogens with zero attached hydrogens (tertiary/aromatic N) is 1. The predicted molar refractivity (Wildman–Crippen MR) is 87.6 cm³/mol. The molecule has 10 nitrogen and oxygen atoms in total. The van der Waals surface area contributed by atoms with E-state index >= 15 is 0 Å². The maximum Gasteiger partial charge on any atom is 0.329 e. The van der Waals surface area contributed by atoms with Crippen LogP contribution in [0.25, 0.3) is 0 Å². The van der Waals surface area contributed by atoms with E-state index < -0.39 is 5.97 Å². The fourth-order valence-corrected chi connectivity index (χ4v) is 1.85. The minimum Gasteiger partial charge on any atom is -0.480 e. The highest BCUT2D eigenvalue weighted by Crippen LogP contribution is 2.02. The Morgan fingerprint density at radius 2 is 1.12 bits per heavy atom. The molecule has 0 fully saturated rings. The first kappa shape index (κ1) is 22.2. The van der Waals surface area contributed by atoms with Gasteiger partial charge in [-0.3, -0.25) is 14.5 Å². The van der Waals surface area contributed by atoms with Crippen molar-refractivity contribution in [3.63, 3.8) is 0 Å². The van der Waals surface area contributed by atoms with Crippen LogP contribution < -0.4 is 0 Å². The largest absolute Gasteiger partial charge is 0.480 e. The molecule has 1 aliphatic rings. The lowest BCUT2D eigenvalue weighted by molar-refractivity contribution is -0.143. The second kappa shape index (κ2) is 14.3. The van der Waals surface area contributed by atoms with Gasteiger partial charge < -0.3 is 28.8 Å². The first-order valence-corrected chi connectivity index (χ1v) is 8.25. The summed E-state index contributed by atoms with van der Waals surface area (Å²) in [6, 6.07) is 0. The van der Waals surface area contributed by atoms with Gasteiger partial charge >= 0.3 is 5.97 Å². The van der Waals surface area contributed by atoms with Crippen LogP contribution in [0.2, 0.25) is 0 Å². The van der Waals surface area contributed by atoms with Crippen LogP contribution in [0.1, 0.15) is 0 Å². The van der Waals surface area contributed by atoms with Crippen LogP contribution in [0.3, 0.4) is 0 Å². The molecule has 0 aromatic carbocycles. The quantitative estimate of drug-likeness (QED) is 0.254. The molecule has 0 radical (unpaired) electrons. The predicted octanol–water partition coefficient (Wildman–Crippen LogP) is -0.921. The van der Waals surface area contributed by atoms with Gasteiger partial charge in [-0.15, -0.1) is 0 Å². The number of carbonyl (C=O) groups is 3. The summed E-state index contributed by atoms with van der Waals surface area (Å²) < 4.78 is 25.9. The number of amides is 2. The van der Waals surface area contributed by atoms with E-state index in [0.717, 1.165) is 4.90 Å². The average molecular weight is 375 g/mol. The number of hydrogen-bond acceptors (Lipinski definition) is 8. The summed E-state index contributed by atoms with van der Waals surface area (Å²) in [5.74, 6) is -1.64. The third-order valence-corrected chi connectivity index (χ3v) is 3.07. The highest BCUT2D eigenvalue weighted by atomic mass is 16.6. The van der Waals surface area contributed by atoms with Gasteiger partial charge in [-0.25, -0.2) is 4.79 Å². The van der Waals surface area contributed by atoms with Crippen LogP contribution >= 0.6 is 0 Å². The number of ether oxygens (including phenoxy) is 5. The Morgan fingerprint density at radius 1 is 0.731 bits per heavy atom. The Morgan fingerprint density at radius 3 is 1.54 bits per heavy atom. The van der Waals surface area contributed by atoms with Crippen molar-refractivity contribution >= 4 is 17.8 Å². The van der Waals surface area contributed by atoms with Crippen molar-refractivity contribution in [1.29, 1.82) is 0 Å². The fourth-order valence-electron chi connectivity index (χ4n) is 1.85. The first-order valence-electron chi connectivity index (χ1n) is 8.25. The van der Waals surface area contributed by atoms with Gasteiger partial charge in [0.15, 0.2) is 0 Å². The minimum absolute atomic E-state index is 0.228. The lowest BCUT2D eigenvalue weighted by Crippen LogP contribution is -2.33. The molecule has 0 saturated carbocycles. The summed E-state index contributed by atoms with van der Waals surface area (Å²) in [6.07, 6.45) is 2.48. The molecule has 0 aliphatic carbocycles. The van der Waals surface area contributed by atoms with Crippen LogP contribution in [0.15, 0.2) is 12.2 Å². The molecule has 1 N–H and O–H groups in total. The van der Waals surface area contributed by atoms with E-state index in [1.54, 1.807) is 0 Å². The second-order valence-corrected chi connectivity index (χ2v) is 5.06.